The zero-order valence-electron chi connectivity index (χ0n) is 8.89. The van der Waals surface area contributed by atoms with Crippen LogP contribution in [-0.2, 0) is 0 Å². The molecule has 0 aliphatic heterocycles. The van der Waals surface area contributed by atoms with E-state index in [1.54, 1.807) is 12.1 Å². The highest BCUT2D eigenvalue weighted by Crippen LogP contribution is 2.18. The third-order valence-electron chi connectivity index (χ3n) is 2.42. The van der Waals surface area contributed by atoms with Crippen LogP contribution in [0.2, 0.25) is 0 Å². The van der Waals surface area contributed by atoms with Crippen LogP contribution in [0.25, 0.3) is 0 Å². The Morgan fingerprint density at radius 1 is 1.43 bits per heavy atom. The molecule has 0 saturated heterocycles. The predicted molar refractivity (Wildman–Crippen MR) is 58.0 cm³/mol. The fourth-order valence-corrected chi connectivity index (χ4v) is 1.48. The van der Waals surface area contributed by atoms with E-state index in [1.807, 2.05) is 6.07 Å². The van der Waals surface area contributed by atoms with Gasteiger partial charge in [-0.15, -0.1) is 0 Å². The van der Waals surface area contributed by atoms with Crippen molar-refractivity contribution in [2.24, 2.45) is 0 Å². The van der Waals surface area contributed by atoms with Crippen molar-refractivity contribution in [3.05, 3.63) is 35.6 Å². The molecule has 1 N–H and O–H groups in total. The molecule has 14 heavy (non-hydrogen) atoms. The van der Waals surface area contributed by atoms with Gasteiger partial charge in [-0.3, -0.25) is 0 Å². The molecule has 78 valence electrons. The Balaban J connectivity index is 2.47. The Labute approximate surface area is 85.3 Å². The van der Waals surface area contributed by atoms with Crippen molar-refractivity contribution < 1.29 is 4.39 Å². The maximum Gasteiger partial charge on any atom is 0.123 e. The van der Waals surface area contributed by atoms with Gasteiger partial charge in [0.05, 0.1) is 0 Å². The van der Waals surface area contributed by atoms with Crippen LogP contribution >= 0.6 is 0 Å². The Bertz CT molecular complexity index is 273. The van der Waals surface area contributed by atoms with E-state index in [4.69, 9.17) is 0 Å². The van der Waals surface area contributed by atoms with E-state index in [2.05, 4.69) is 19.2 Å². The molecular formula is C12H18FN. The minimum atomic E-state index is -0.141. The van der Waals surface area contributed by atoms with Gasteiger partial charge in [0, 0.05) is 0 Å². The fourth-order valence-electron chi connectivity index (χ4n) is 1.48. The van der Waals surface area contributed by atoms with Gasteiger partial charge >= 0.3 is 0 Å². The second kappa shape index (κ2) is 5.76. The van der Waals surface area contributed by atoms with Crippen molar-refractivity contribution >= 4 is 0 Å². The number of rotatable bonds is 5. The summed E-state index contributed by atoms with van der Waals surface area (Å²) in [6.45, 7) is 6.21. The molecule has 1 atom stereocenters. The molecule has 1 aromatic rings. The van der Waals surface area contributed by atoms with Crippen LogP contribution in [0.4, 0.5) is 4.39 Å². The second-order valence-corrected chi connectivity index (χ2v) is 3.60. The molecule has 0 radical (unpaired) electrons. The van der Waals surface area contributed by atoms with Crippen LogP contribution in [0.15, 0.2) is 24.3 Å². The summed E-state index contributed by atoms with van der Waals surface area (Å²) in [6, 6.07) is 6.87. The standard InChI is InChI=1S/C12H18FN/c1-3-14-8-7-10(2)11-5-4-6-12(13)9-11/h4-6,9-10,14H,3,7-8H2,1-2H3. The van der Waals surface area contributed by atoms with Crippen molar-refractivity contribution in [1.82, 2.24) is 5.32 Å². The monoisotopic (exact) mass is 195 g/mol. The number of nitrogens with one attached hydrogen (secondary N) is 1. The third kappa shape index (κ3) is 3.46. The Morgan fingerprint density at radius 2 is 2.21 bits per heavy atom. The van der Waals surface area contributed by atoms with Gasteiger partial charge in [-0.2, -0.15) is 0 Å². The maximum atomic E-state index is 12.9. The highest BCUT2D eigenvalue weighted by Gasteiger charge is 2.05. The molecule has 1 aromatic carbocycles. The topological polar surface area (TPSA) is 12.0 Å². The zero-order valence-corrected chi connectivity index (χ0v) is 8.89. The molecule has 0 heterocycles. The first-order valence-corrected chi connectivity index (χ1v) is 5.20. The molecule has 0 spiro atoms. The van der Waals surface area contributed by atoms with Crippen LogP contribution in [0.5, 0.6) is 0 Å². The SMILES string of the molecule is CCNCCC(C)c1cccc(F)c1. The van der Waals surface area contributed by atoms with E-state index in [0.717, 1.165) is 25.1 Å². The van der Waals surface area contributed by atoms with Crippen molar-refractivity contribution in [3.8, 4) is 0 Å². The largest absolute Gasteiger partial charge is 0.317 e. The summed E-state index contributed by atoms with van der Waals surface area (Å²) in [5.74, 6) is 0.280. The summed E-state index contributed by atoms with van der Waals surface area (Å²) in [7, 11) is 0. The molecule has 1 unspecified atom stereocenters. The quantitative estimate of drug-likeness (QED) is 0.712. The van der Waals surface area contributed by atoms with Gasteiger partial charge in [-0.1, -0.05) is 26.0 Å². The van der Waals surface area contributed by atoms with Gasteiger partial charge in [0.2, 0.25) is 0 Å². The maximum absolute atomic E-state index is 12.9. The van der Waals surface area contributed by atoms with Crippen LogP contribution < -0.4 is 5.32 Å². The number of halogens is 1. The van der Waals surface area contributed by atoms with Crippen LogP contribution in [0.3, 0.4) is 0 Å². The van der Waals surface area contributed by atoms with E-state index < -0.39 is 0 Å². The normalized spacial score (nSPS) is 12.8. The van der Waals surface area contributed by atoms with Gasteiger partial charge in [0.25, 0.3) is 0 Å². The van der Waals surface area contributed by atoms with Crippen molar-refractivity contribution in [2.75, 3.05) is 13.1 Å². The highest BCUT2D eigenvalue weighted by atomic mass is 19.1. The predicted octanol–water partition coefficient (Wildman–Crippen LogP) is 2.93. The lowest BCUT2D eigenvalue weighted by Gasteiger charge is -2.11. The lowest BCUT2D eigenvalue weighted by atomic mass is 9.98. The summed E-state index contributed by atoms with van der Waals surface area (Å²) in [6.07, 6.45) is 1.05. The summed E-state index contributed by atoms with van der Waals surface area (Å²) in [5.41, 5.74) is 1.09. The van der Waals surface area contributed by atoms with Crippen molar-refractivity contribution in [1.29, 1.82) is 0 Å². The van der Waals surface area contributed by atoms with Gasteiger partial charge in [-0.25, -0.2) is 4.39 Å². The molecule has 0 aliphatic carbocycles. The number of hydrogen-bond acceptors (Lipinski definition) is 1. The van der Waals surface area contributed by atoms with Gasteiger partial charge in [0.1, 0.15) is 5.82 Å². The Morgan fingerprint density at radius 3 is 2.86 bits per heavy atom. The highest BCUT2D eigenvalue weighted by molar-refractivity contribution is 5.19. The summed E-state index contributed by atoms with van der Waals surface area (Å²) >= 11 is 0. The molecule has 0 bridgehead atoms. The summed E-state index contributed by atoms with van der Waals surface area (Å²) in [4.78, 5) is 0. The Hall–Kier alpha value is -0.890. The first kappa shape index (κ1) is 11.2. The number of hydrogen-bond donors (Lipinski definition) is 1. The van der Waals surface area contributed by atoms with Crippen LogP contribution in [0.1, 0.15) is 31.7 Å². The van der Waals surface area contributed by atoms with E-state index in [1.165, 1.54) is 6.07 Å². The second-order valence-electron chi connectivity index (χ2n) is 3.60. The fraction of sp³-hybridized carbons (Fsp3) is 0.500. The summed E-state index contributed by atoms with van der Waals surface area (Å²) < 4.78 is 12.9. The molecular weight excluding hydrogens is 177 g/mol. The van der Waals surface area contributed by atoms with Crippen molar-refractivity contribution in [3.63, 3.8) is 0 Å². The van der Waals surface area contributed by atoms with Crippen LogP contribution in [-0.4, -0.2) is 13.1 Å². The lowest BCUT2D eigenvalue weighted by Crippen LogP contribution is -2.15. The zero-order chi connectivity index (χ0) is 10.4. The first-order valence-electron chi connectivity index (χ1n) is 5.20. The molecule has 1 nitrogen and oxygen atoms in total. The molecule has 0 amide bonds. The van der Waals surface area contributed by atoms with E-state index >= 15 is 0 Å². The van der Waals surface area contributed by atoms with Gasteiger partial charge in [-0.05, 0) is 43.1 Å². The van der Waals surface area contributed by atoms with Gasteiger partial charge in [0.15, 0.2) is 0 Å². The minimum Gasteiger partial charge on any atom is -0.317 e. The van der Waals surface area contributed by atoms with Crippen molar-refractivity contribution in [2.45, 2.75) is 26.2 Å². The average Bonchev–Trinajstić information content (AvgIpc) is 2.18. The first-order chi connectivity index (χ1) is 6.74. The average molecular weight is 195 g/mol. The molecule has 0 saturated carbocycles. The van der Waals surface area contributed by atoms with E-state index in [0.29, 0.717) is 5.92 Å². The summed E-state index contributed by atoms with van der Waals surface area (Å²) in [5, 5.41) is 3.27. The molecule has 0 fully saturated rings. The Kier molecular flexibility index (Phi) is 4.60. The minimum absolute atomic E-state index is 0.141. The molecule has 2 heteroatoms. The third-order valence-corrected chi connectivity index (χ3v) is 2.42. The van der Waals surface area contributed by atoms with Crippen LogP contribution in [0, 0.1) is 5.82 Å². The van der Waals surface area contributed by atoms with Gasteiger partial charge < -0.3 is 5.32 Å². The van der Waals surface area contributed by atoms with E-state index in [9.17, 15) is 4.39 Å². The molecule has 0 aliphatic rings. The smallest absolute Gasteiger partial charge is 0.123 e. The molecule has 0 aromatic heterocycles. The molecule has 1 rings (SSSR count). The number of benzene rings is 1. The van der Waals surface area contributed by atoms with E-state index in [-0.39, 0.29) is 5.82 Å². The lowest BCUT2D eigenvalue weighted by molar-refractivity contribution is 0.595.